The lowest BCUT2D eigenvalue weighted by Gasteiger charge is -2.21. The monoisotopic (exact) mass is 304 g/mol. The highest BCUT2D eigenvalue weighted by atomic mass is 35.5. The predicted molar refractivity (Wildman–Crippen MR) is 87.7 cm³/mol. The number of benzene rings is 2. The second-order valence-electron chi connectivity index (χ2n) is 4.82. The van der Waals surface area contributed by atoms with Crippen LogP contribution in [0.5, 0.6) is 0 Å². The smallest absolute Gasteiger partial charge is 0.0609 e. The van der Waals surface area contributed by atoms with Crippen LogP contribution in [0.15, 0.2) is 47.4 Å². The van der Waals surface area contributed by atoms with Crippen LogP contribution < -0.4 is 9.62 Å². The second kappa shape index (κ2) is 5.68. The zero-order chi connectivity index (χ0) is 14.1. The number of nitrogens with one attached hydrogen (secondary N) is 1. The van der Waals surface area contributed by atoms with Crippen LogP contribution in [-0.4, -0.2) is 13.6 Å². The Morgan fingerprint density at radius 1 is 1.20 bits per heavy atom. The van der Waals surface area contributed by atoms with Crippen molar-refractivity contribution < 1.29 is 0 Å². The van der Waals surface area contributed by atoms with Gasteiger partial charge in [0.2, 0.25) is 0 Å². The Hall–Kier alpha value is -1.16. The van der Waals surface area contributed by atoms with E-state index in [0.717, 1.165) is 11.6 Å². The minimum atomic E-state index is 0.209. The largest absolute Gasteiger partial charge is 0.315 e. The van der Waals surface area contributed by atoms with E-state index in [4.69, 9.17) is 11.6 Å². The van der Waals surface area contributed by atoms with Crippen molar-refractivity contribution in [3.8, 4) is 0 Å². The molecule has 0 aromatic heterocycles. The lowest BCUT2D eigenvalue weighted by molar-refractivity contribution is 0.624. The number of nitrogens with zero attached hydrogens (tertiary/aromatic N) is 1. The van der Waals surface area contributed by atoms with E-state index in [0.29, 0.717) is 0 Å². The minimum absolute atomic E-state index is 0.209. The average molecular weight is 305 g/mol. The van der Waals surface area contributed by atoms with Gasteiger partial charge < -0.3 is 9.62 Å². The number of para-hydroxylation sites is 1. The van der Waals surface area contributed by atoms with Crippen LogP contribution >= 0.6 is 23.5 Å². The fourth-order valence-corrected chi connectivity index (χ4v) is 3.90. The summed E-state index contributed by atoms with van der Waals surface area (Å²) < 4.78 is 2.21. The van der Waals surface area contributed by atoms with Gasteiger partial charge in [-0.15, -0.1) is 0 Å². The zero-order valence-corrected chi connectivity index (χ0v) is 13.1. The fraction of sp³-hybridized carbons (Fsp3) is 0.250. The Kier molecular flexibility index (Phi) is 3.92. The van der Waals surface area contributed by atoms with Crippen LogP contribution in [0.2, 0.25) is 5.02 Å². The van der Waals surface area contributed by atoms with Crippen LogP contribution in [0.4, 0.5) is 5.69 Å². The quantitative estimate of drug-likeness (QED) is 0.823. The molecular weight excluding hydrogens is 288 g/mol. The minimum Gasteiger partial charge on any atom is -0.315 e. The molecule has 1 atom stereocenters. The number of hydrogen-bond donors (Lipinski definition) is 1. The van der Waals surface area contributed by atoms with E-state index in [1.165, 1.54) is 21.7 Å². The van der Waals surface area contributed by atoms with Crippen molar-refractivity contribution in [1.29, 1.82) is 0 Å². The zero-order valence-electron chi connectivity index (χ0n) is 11.6. The van der Waals surface area contributed by atoms with Gasteiger partial charge in [0.15, 0.2) is 0 Å². The molecule has 0 fully saturated rings. The average Bonchev–Trinajstić information content (AvgIpc) is 2.56. The molecule has 1 aliphatic heterocycles. The summed E-state index contributed by atoms with van der Waals surface area (Å²) in [5, 5.41) is 4.38. The summed E-state index contributed by atoms with van der Waals surface area (Å²) in [4.78, 5) is 1.21. The summed E-state index contributed by atoms with van der Waals surface area (Å²) >= 11 is 7.89. The Labute approximate surface area is 129 Å². The molecule has 104 valence electrons. The number of rotatable bonds is 2. The SMILES string of the molecule is CCNC1c2ccc(Cl)cc2SN(C)c2ccccc21. The second-order valence-corrected chi connectivity index (χ2v) is 6.43. The van der Waals surface area contributed by atoms with Gasteiger partial charge >= 0.3 is 0 Å². The van der Waals surface area contributed by atoms with Gasteiger partial charge in [0, 0.05) is 17.0 Å². The van der Waals surface area contributed by atoms with E-state index in [1.54, 1.807) is 11.9 Å². The third kappa shape index (κ3) is 2.41. The maximum Gasteiger partial charge on any atom is 0.0609 e. The highest BCUT2D eigenvalue weighted by Gasteiger charge is 2.25. The van der Waals surface area contributed by atoms with E-state index in [-0.39, 0.29) is 6.04 Å². The van der Waals surface area contributed by atoms with Crippen LogP contribution in [0.3, 0.4) is 0 Å². The maximum absolute atomic E-state index is 6.16. The standard InChI is InChI=1S/C16H17ClN2S/c1-3-18-16-12-6-4-5-7-14(12)19(2)20-15-10-11(17)8-9-13(15)16/h4-10,16,18H,3H2,1-2H3. The summed E-state index contributed by atoms with van der Waals surface area (Å²) in [5.74, 6) is 0. The van der Waals surface area contributed by atoms with Crippen molar-refractivity contribution in [2.24, 2.45) is 0 Å². The summed E-state index contributed by atoms with van der Waals surface area (Å²) in [6.45, 7) is 3.06. The van der Waals surface area contributed by atoms with Gasteiger partial charge in [-0.2, -0.15) is 0 Å². The number of halogens is 1. The van der Waals surface area contributed by atoms with Crippen molar-refractivity contribution in [3.05, 3.63) is 58.6 Å². The van der Waals surface area contributed by atoms with Gasteiger partial charge in [0.1, 0.15) is 0 Å². The van der Waals surface area contributed by atoms with Crippen molar-refractivity contribution in [2.45, 2.75) is 17.9 Å². The Balaban J connectivity index is 2.20. The molecule has 2 aromatic rings. The van der Waals surface area contributed by atoms with Crippen molar-refractivity contribution in [3.63, 3.8) is 0 Å². The van der Waals surface area contributed by atoms with E-state index >= 15 is 0 Å². The number of anilines is 1. The highest BCUT2D eigenvalue weighted by Crippen LogP contribution is 2.43. The maximum atomic E-state index is 6.16. The van der Waals surface area contributed by atoms with Crippen molar-refractivity contribution >= 4 is 29.2 Å². The lowest BCUT2D eigenvalue weighted by Crippen LogP contribution is -2.22. The predicted octanol–water partition coefficient (Wildman–Crippen LogP) is 4.50. The van der Waals surface area contributed by atoms with Crippen LogP contribution in [-0.2, 0) is 0 Å². The molecule has 0 radical (unpaired) electrons. The molecule has 1 N–H and O–H groups in total. The molecular formula is C16H17ClN2S. The third-order valence-corrected chi connectivity index (χ3v) is 4.77. The van der Waals surface area contributed by atoms with Gasteiger partial charge in [-0.05, 0) is 47.8 Å². The first-order valence-electron chi connectivity index (χ1n) is 6.74. The van der Waals surface area contributed by atoms with E-state index in [9.17, 15) is 0 Å². The molecule has 2 aromatic carbocycles. The highest BCUT2D eigenvalue weighted by molar-refractivity contribution is 8.00. The van der Waals surface area contributed by atoms with Crippen molar-refractivity contribution in [2.75, 3.05) is 17.9 Å². The van der Waals surface area contributed by atoms with Gasteiger partial charge in [0.25, 0.3) is 0 Å². The first-order chi connectivity index (χ1) is 9.70. The molecule has 20 heavy (non-hydrogen) atoms. The molecule has 0 bridgehead atoms. The van der Waals surface area contributed by atoms with Crippen molar-refractivity contribution in [1.82, 2.24) is 5.32 Å². The number of hydrogen-bond acceptors (Lipinski definition) is 3. The van der Waals surface area contributed by atoms with Gasteiger partial charge in [-0.25, -0.2) is 0 Å². The Morgan fingerprint density at radius 3 is 2.80 bits per heavy atom. The molecule has 0 amide bonds. The normalized spacial score (nSPS) is 17.4. The molecule has 4 heteroatoms. The fourth-order valence-electron chi connectivity index (χ4n) is 2.63. The van der Waals surface area contributed by atoms with E-state index in [2.05, 4.69) is 53.9 Å². The third-order valence-electron chi connectivity index (χ3n) is 3.52. The molecule has 0 saturated heterocycles. The molecule has 1 aliphatic rings. The number of fused-ring (bicyclic) bond motifs is 2. The van der Waals surface area contributed by atoms with E-state index in [1.807, 2.05) is 12.1 Å². The molecule has 2 nitrogen and oxygen atoms in total. The first kappa shape index (κ1) is 13.8. The van der Waals surface area contributed by atoms with E-state index < -0.39 is 0 Å². The molecule has 0 saturated carbocycles. The first-order valence-corrected chi connectivity index (χ1v) is 7.89. The van der Waals surface area contributed by atoms with Crippen LogP contribution in [0.1, 0.15) is 24.1 Å². The molecule has 0 spiro atoms. The Morgan fingerprint density at radius 2 is 2.00 bits per heavy atom. The lowest BCUT2D eigenvalue weighted by atomic mass is 9.97. The topological polar surface area (TPSA) is 15.3 Å². The molecule has 1 heterocycles. The van der Waals surface area contributed by atoms with Crippen LogP contribution in [0.25, 0.3) is 0 Å². The molecule has 1 unspecified atom stereocenters. The molecule has 0 aliphatic carbocycles. The summed E-state index contributed by atoms with van der Waals surface area (Å²) in [5.41, 5.74) is 3.85. The van der Waals surface area contributed by atoms with Gasteiger partial charge in [0.05, 0.1) is 11.7 Å². The van der Waals surface area contributed by atoms with Gasteiger partial charge in [-0.1, -0.05) is 42.8 Å². The van der Waals surface area contributed by atoms with Crippen LogP contribution in [0, 0.1) is 0 Å². The van der Waals surface area contributed by atoms with Gasteiger partial charge in [-0.3, -0.25) is 0 Å². The summed E-state index contributed by atoms with van der Waals surface area (Å²) in [7, 11) is 2.10. The summed E-state index contributed by atoms with van der Waals surface area (Å²) in [6, 6.07) is 14.9. The Bertz CT molecular complexity index is 630. The molecule has 3 rings (SSSR count). The summed E-state index contributed by atoms with van der Waals surface area (Å²) in [6.07, 6.45) is 0.